The highest BCUT2D eigenvalue weighted by molar-refractivity contribution is 5.66. The quantitative estimate of drug-likeness (QED) is 0.452. The molecule has 0 heterocycles. The van der Waals surface area contributed by atoms with Gasteiger partial charge < -0.3 is 20.3 Å². The molecule has 3 N–H and O–H groups in total. The number of aliphatic hydroxyl groups is 1. The van der Waals surface area contributed by atoms with E-state index in [4.69, 9.17) is 9.84 Å². The van der Waals surface area contributed by atoms with Gasteiger partial charge in [0.2, 0.25) is 0 Å². The van der Waals surface area contributed by atoms with E-state index < -0.39 is 12.1 Å². The highest BCUT2D eigenvalue weighted by atomic mass is 16.5. The van der Waals surface area contributed by atoms with Gasteiger partial charge in [-0.25, -0.2) is 0 Å². The van der Waals surface area contributed by atoms with Crippen molar-refractivity contribution in [2.24, 2.45) is 5.41 Å². The first-order valence-electron chi connectivity index (χ1n) is 7.55. The molecule has 0 fully saturated rings. The van der Waals surface area contributed by atoms with Gasteiger partial charge in [0.1, 0.15) is 0 Å². The first-order chi connectivity index (χ1) is 9.37. The van der Waals surface area contributed by atoms with Crippen LogP contribution in [0, 0.1) is 5.41 Å². The molecule has 120 valence electrons. The lowest BCUT2D eigenvalue weighted by molar-refractivity contribution is -0.137. The van der Waals surface area contributed by atoms with E-state index in [1.807, 2.05) is 0 Å². The molecule has 5 nitrogen and oxygen atoms in total. The maximum Gasteiger partial charge on any atom is 0.303 e. The lowest BCUT2D eigenvalue weighted by Gasteiger charge is -2.24. The number of aliphatic carboxylic acids is 1. The zero-order valence-electron chi connectivity index (χ0n) is 13.2. The van der Waals surface area contributed by atoms with Gasteiger partial charge in [0.25, 0.3) is 0 Å². The topological polar surface area (TPSA) is 78.8 Å². The van der Waals surface area contributed by atoms with E-state index in [2.05, 4.69) is 26.1 Å². The highest BCUT2D eigenvalue weighted by Gasteiger charge is 2.18. The van der Waals surface area contributed by atoms with Gasteiger partial charge >= 0.3 is 5.97 Å². The van der Waals surface area contributed by atoms with Crippen LogP contribution in [0.25, 0.3) is 0 Å². The lowest BCUT2D eigenvalue weighted by Crippen LogP contribution is -2.32. The van der Waals surface area contributed by atoms with Gasteiger partial charge in [0, 0.05) is 19.6 Å². The van der Waals surface area contributed by atoms with Crippen molar-refractivity contribution in [2.45, 2.75) is 59.0 Å². The summed E-state index contributed by atoms with van der Waals surface area (Å²) in [6.45, 7) is 8.61. The minimum absolute atomic E-state index is 0.00791. The molecule has 0 radical (unpaired) electrons. The Hall–Kier alpha value is -0.650. The molecule has 0 aliphatic carbocycles. The smallest absolute Gasteiger partial charge is 0.303 e. The monoisotopic (exact) mass is 289 g/mol. The fourth-order valence-corrected chi connectivity index (χ4v) is 1.79. The highest BCUT2D eigenvalue weighted by Crippen LogP contribution is 2.25. The Balaban J connectivity index is 3.56. The minimum atomic E-state index is -0.745. The standard InChI is InChI=1S/C15H31NO4/c1-4-5-10-20-12-13(17)11-16-9-8-15(2,3)7-6-14(18)19/h13,16-17H,4-12H2,1-3H3,(H,18,19). The first kappa shape index (κ1) is 19.4. The van der Waals surface area contributed by atoms with Gasteiger partial charge in [-0.3, -0.25) is 4.79 Å². The van der Waals surface area contributed by atoms with Crippen LogP contribution in [0.2, 0.25) is 0 Å². The number of nitrogens with one attached hydrogen (secondary N) is 1. The predicted molar refractivity (Wildman–Crippen MR) is 79.9 cm³/mol. The van der Waals surface area contributed by atoms with Crippen LogP contribution in [0.5, 0.6) is 0 Å². The van der Waals surface area contributed by atoms with Gasteiger partial charge in [-0.15, -0.1) is 0 Å². The number of carbonyl (C=O) groups is 1. The zero-order valence-corrected chi connectivity index (χ0v) is 13.2. The van der Waals surface area contributed by atoms with Crippen LogP contribution in [-0.2, 0) is 9.53 Å². The van der Waals surface area contributed by atoms with Crippen molar-refractivity contribution in [2.75, 3.05) is 26.3 Å². The van der Waals surface area contributed by atoms with Crippen LogP contribution in [0.1, 0.15) is 52.9 Å². The summed E-state index contributed by atoms with van der Waals surface area (Å²) in [5.74, 6) is -0.745. The van der Waals surface area contributed by atoms with Crippen LogP contribution in [0.3, 0.4) is 0 Å². The van der Waals surface area contributed by atoms with E-state index in [0.717, 1.165) is 25.8 Å². The van der Waals surface area contributed by atoms with E-state index in [1.165, 1.54) is 0 Å². The summed E-state index contributed by atoms with van der Waals surface area (Å²) in [6.07, 6.45) is 3.42. The molecule has 0 rings (SSSR count). The third kappa shape index (κ3) is 12.4. The number of ether oxygens (including phenoxy) is 1. The molecule has 20 heavy (non-hydrogen) atoms. The number of rotatable bonds is 13. The van der Waals surface area contributed by atoms with E-state index in [9.17, 15) is 9.90 Å². The van der Waals surface area contributed by atoms with E-state index in [0.29, 0.717) is 26.2 Å². The molecule has 0 aliphatic heterocycles. The average molecular weight is 289 g/mol. The number of carboxylic acid groups (broad SMARTS) is 1. The number of aliphatic hydroxyl groups excluding tert-OH is 1. The van der Waals surface area contributed by atoms with Crippen LogP contribution < -0.4 is 5.32 Å². The molecule has 0 bridgehead atoms. The Morgan fingerprint density at radius 2 is 2.05 bits per heavy atom. The summed E-state index contributed by atoms with van der Waals surface area (Å²) in [7, 11) is 0. The Morgan fingerprint density at radius 1 is 1.35 bits per heavy atom. The summed E-state index contributed by atoms with van der Waals surface area (Å²) in [5.41, 5.74) is 0.00791. The van der Waals surface area contributed by atoms with Crippen LogP contribution >= 0.6 is 0 Å². The summed E-state index contributed by atoms with van der Waals surface area (Å²) in [4.78, 5) is 10.5. The summed E-state index contributed by atoms with van der Waals surface area (Å²) in [5, 5.41) is 21.6. The molecule has 0 aliphatic rings. The Bertz CT molecular complexity index is 256. The lowest BCUT2D eigenvalue weighted by atomic mass is 9.84. The van der Waals surface area contributed by atoms with Crippen molar-refractivity contribution in [3.63, 3.8) is 0 Å². The van der Waals surface area contributed by atoms with Crippen molar-refractivity contribution < 1.29 is 19.7 Å². The van der Waals surface area contributed by atoms with Crippen LogP contribution in [0.15, 0.2) is 0 Å². The van der Waals surface area contributed by atoms with Crippen molar-refractivity contribution in [1.82, 2.24) is 5.32 Å². The third-order valence-electron chi connectivity index (χ3n) is 3.33. The number of hydrogen-bond acceptors (Lipinski definition) is 4. The number of hydrogen-bond donors (Lipinski definition) is 3. The largest absolute Gasteiger partial charge is 0.481 e. The normalized spacial score (nSPS) is 13.4. The molecule has 0 amide bonds. The third-order valence-corrected chi connectivity index (χ3v) is 3.33. The zero-order chi connectivity index (χ0) is 15.4. The fourth-order valence-electron chi connectivity index (χ4n) is 1.79. The van der Waals surface area contributed by atoms with Gasteiger partial charge in [0.05, 0.1) is 12.7 Å². The molecule has 0 spiro atoms. The Labute approximate surface area is 122 Å². The predicted octanol–water partition coefficient (Wildman–Crippen LogP) is 2.03. The number of carboxylic acids is 1. The van der Waals surface area contributed by atoms with E-state index in [1.54, 1.807) is 0 Å². The molecule has 0 aromatic heterocycles. The van der Waals surface area contributed by atoms with Gasteiger partial charge in [-0.1, -0.05) is 27.2 Å². The Morgan fingerprint density at radius 3 is 2.65 bits per heavy atom. The second-order valence-electron chi connectivity index (χ2n) is 6.09. The molecular weight excluding hydrogens is 258 g/mol. The maximum absolute atomic E-state index is 10.5. The minimum Gasteiger partial charge on any atom is -0.481 e. The maximum atomic E-state index is 10.5. The van der Waals surface area contributed by atoms with Gasteiger partial charge in [-0.05, 0) is 31.2 Å². The molecule has 0 aromatic rings. The molecule has 1 atom stereocenters. The average Bonchev–Trinajstić information content (AvgIpc) is 2.38. The van der Waals surface area contributed by atoms with Crippen molar-refractivity contribution in [3.05, 3.63) is 0 Å². The van der Waals surface area contributed by atoms with E-state index >= 15 is 0 Å². The van der Waals surface area contributed by atoms with Crippen molar-refractivity contribution in [3.8, 4) is 0 Å². The second kappa shape index (κ2) is 11.1. The van der Waals surface area contributed by atoms with E-state index in [-0.39, 0.29) is 11.8 Å². The van der Waals surface area contributed by atoms with Gasteiger partial charge in [-0.2, -0.15) is 0 Å². The summed E-state index contributed by atoms with van der Waals surface area (Å²) < 4.78 is 5.34. The van der Waals surface area contributed by atoms with Gasteiger partial charge in [0.15, 0.2) is 0 Å². The summed E-state index contributed by atoms with van der Waals surface area (Å²) in [6, 6.07) is 0. The second-order valence-corrected chi connectivity index (χ2v) is 6.09. The Kier molecular flexibility index (Phi) is 10.7. The molecule has 0 aromatic carbocycles. The first-order valence-corrected chi connectivity index (χ1v) is 7.55. The van der Waals surface area contributed by atoms with Crippen LogP contribution in [-0.4, -0.2) is 48.6 Å². The molecule has 0 saturated carbocycles. The van der Waals surface area contributed by atoms with Crippen LogP contribution in [0.4, 0.5) is 0 Å². The molecular formula is C15H31NO4. The molecule has 1 unspecified atom stereocenters. The number of unbranched alkanes of at least 4 members (excludes halogenated alkanes) is 1. The van der Waals surface area contributed by atoms with Crippen molar-refractivity contribution in [1.29, 1.82) is 0 Å². The molecule has 5 heteroatoms. The summed E-state index contributed by atoms with van der Waals surface area (Å²) >= 11 is 0. The van der Waals surface area contributed by atoms with Crippen molar-refractivity contribution >= 4 is 5.97 Å². The fraction of sp³-hybridized carbons (Fsp3) is 0.933. The SMILES string of the molecule is CCCCOCC(O)CNCCC(C)(C)CCC(=O)O. The molecule has 0 saturated heterocycles.